The van der Waals surface area contributed by atoms with Crippen molar-refractivity contribution >= 4 is 0 Å². The molecule has 1 heteroatoms. The van der Waals surface area contributed by atoms with Crippen LogP contribution in [0, 0.1) is 29.1 Å². The van der Waals surface area contributed by atoms with Crippen molar-refractivity contribution in [3.05, 3.63) is 0 Å². The van der Waals surface area contributed by atoms with E-state index in [9.17, 15) is 4.39 Å². The molecule has 0 saturated carbocycles. The third-order valence-electron chi connectivity index (χ3n) is 4.13. The number of halogens is 1. The first kappa shape index (κ1) is 13.9. The molecule has 0 aromatic carbocycles. The van der Waals surface area contributed by atoms with Gasteiger partial charge in [0.15, 0.2) is 0 Å². The molecular formula is C13H27F. The Hall–Kier alpha value is -0.0700. The molecule has 0 heterocycles. The summed E-state index contributed by atoms with van der Waals surface area (Å²) in [4.78, 5) is 0. The standard InChI is InChI=1S/C13H27F/c1-9(8-14)10(2)11(3)12(4)13(5,6)7/h9-12H,8H2,1-7H3. The third-order valence-corrected chi connectivity index (χ3v) is 4.13. The van der Waals surface area contributed by atoms with Crippen LogP contribution in [0.4, 0.5) is 4.39 Å². The van der Waals surface area contributed by atoms with Gasteiger partial charge in [0.05, 0.1) is 6.67 Å². The molecule has 0 bridgehead atoms. The molecule has 0 aliphatic rings. The molecule has 4 unspecified atom stereocenters. The summed E-state index contributed by atoms with van der Waals surface area (Å²) in [5, 5.41) is 0. The number of hydrogen-bond acceptors (Lipinski definition) is 0. The van der Waals surface area contributed by atoms with Gasteiger partial charge < -0.3 is 0 Å². The van der Waals surface area contributed by atoms with Crippen LogP contribution in [0.5, 0.6) is 0 Å². The second kappa shape index (κ2) is 5.14. The average molecular weight is 202 g/mol. The Labute approximate surface area is 89.3 Å². The summed E-state index contributed by atoms with van der Waals surface area (Å²) < 4.78 is 12.6. The zero-order valence-electron chi connectivity index (χ0n) is 10.9. The van der Waals surface area contributed by atoms with Crippen LogP contribution < -0.4 is 0 Å². The number of alkyl halides is 1. The van der Waals surface area contributed by atoms with Crippen LogP contribution in [0.15, 0.2) is 0 Å². The average Bonchev–Trinajstić information content (AvgIpc) is 2.11. The predicted octanol–water partition coefficient (Wildman–Crippen LogP) is 4.55. The van der Waals surface area contributed by atoms with Gasteiger partial charge in [0.2, 0.25) is 0 Å². The lowest BCUT2D eigenvalue weighted by Gasteiger charge is -2.37. The smallest absolute Gasteiger partial charge is 0.0922 e. The van der Waals surface area contributed by atoms with Gasteiger partial charge in [-0.05, 0) is 29.1 Å². The lowest BCUT2D eigenvalue weighted by molar-refractivity contribution is 0.110. The van der Waals surface area contributed by atoms with Gasteiger partial charge in [0.25, 0.3) is 0 Å². The molecule has 0 rings (SSSR count). The maximum Gasteiger partial charge on any atom is 0.0922 e. The van der Waals surface area contributed by atoms with E-state index in [0.717, 1.165) is 0 Å². The fourth-order valence-corrected chi connectivity index (χ4v) is 1.90. The van der Waals surface area contributed by atoms with Crippen LogP contribution in [-0.2, 0) is 0 Å². The minimum atomic E-state index is -0.192. The maximum absolute atomic E-state index is 12.6. The first-order valence-corrected chi connectivity index (χ1v) is 5.77. The van der Waals surface area contributed by atoms with E-state index in [1.165, 1.54) is 0 Å². The molecule has 0 aromatic heterocycles. The third kappa shape index (κ3) is 3.59. The normalized spacial score (nSPS) is 21.4. The van der Waals surface area contributed by atoms with Gasteiger partial charge in [0, 0.05) is 0 Å². The van der Waals surface area contributed by atoms with Crippen LogP contribution in [0.3, 0.4) is 0 Å². The fraction of sp³-hybridized carbons (Fsp3) is 1.00. The molecular weight excluding hydrogens is 175 g/mol. The van der Waals surface area contributed by atoms with E-state index >= 15 is 0 Å². The molecule has 0 amide bonds. The van der Waals surface area contributed by atoms with Crippen molar-refractivity contribution in [2.45, 2.75) is 48.5 Å². The zero-order valence-corrected chi connectivity index (χ0v) is 10.9. The zero-order chi connectivity index (χ0) is 11.5. The summed E-state index contributed by atoms with van der Waals surface area (Å²) in [5.41, 5.74) is 0.323. The van der Waals surface area contributed by atoms with Crippen molar-refractivity contribution in [2.24, 2.45) is 29.1 Å². The minimum absolute atomic E-state index is 0.190. The molecule has 0 spiro atoms. The lowest BCUT2D eigenvalue weighted by atomic mass is 9.68. The summed E-state index contributed by atoms with van der Waals surface area (Å²) in [7, 11) is 0. The predicted molar refractivity (Wildman–Crippen MR) is 62.1 cm³/mol. The minimum Gasteiger partial charge on any atom is -0.251 e. The highest BCUT2D eigenvalue weighted by Gasteiger charge is 2.30. The molecule has 0 aliphatic heterocycles. The highest BCUT2D eigenvalue weighted by Crippen LogP contribution is 2.37. The molecule has 0 fully saturated rings. The largest absolute Gasteiger partial charge is 0.251 e. The van der Waals surface area contributed by atoms with Crippen LogP contribution in [0.25, 0.3) is 0 Å². The summed E-state index contributed by atoms with van der Waals surface area (Å²) >= 11 is 0. The first-order valence-electron chi connectivity index (χ1n) is 5.77. The van der Waals surface area contributed by atoms with Crippen LogP contribution in [0.2, 0.25) is 0 Å². The molecule has 0 N–H and O–H groups in total. The van der Waals surface area contributed by atoms with Gasteiger partial charge >= 0.3 is 0 Å². The van der Waals surface area contributed by atoms with E-state index in [0.29, 0.717) is 23.2 Å². The second-order valence-corrected chi connectivity index (χ2v) is 6.00. The molecule has 0 nitrogen and oxygen atoms in total. The van der Waals surface area contributed by atoms with Gasteiger partial charge in [-0.3, -0.25) is 4.39 Å². The first-order chi connectivity index (χ1) is 6.21. The topological polar surface area (TPSA) is 0 Å². The monoisotopic (exact) mass is 202 g/mol. The van der Waals surface area contributed by atoms with Crippen LogP contribution >= 0.6 is 0 Å². The maximum atomic E-state index is 12.6. The van der Waals surface area contributed by atoms with E-state index in [4.69, 9.17) is 0 Å². The van der Waals surface area contributed by atoms with E-state index < -0.39 is 0 Å². The van der Waals surface area contributed by atoms with Crippen LogP contribution in [0.1, 0.15) is 48.5 Å². The molecule has 0 saturated heterocycles. The summed E-state index contributed by atoms with van der Waals surface area (Å²) in [6, 6.07) is 0. The molecule has 0 aromatic rings. The van der Waals surface area contributed by atoms with E-state index in [1.807, 2.05) is 6.92 Å². The van der Waals surface area contributed by atoms with Crippen molar-refractivity contribution in [3.63, 3.8) is 0 Å². The molecule has 86 valence electrons. The fourth-order valence-electron chi connectivity index (χ4n) is 1.90. The van der Waals surface area contributed by atoms with Crippen molar-refractivity contribution in [1.29, 1.82) is 0 Å². The van der Waals surface area contributed by atoms with E-state index in [-0.39, 0.29) is 12.6 Å². The van der Waals surface area contributed by atoms with Crippen molar-refractivity contribution in [2.75, 3.05) is 6.67 Å². The van der Waals surface area contributed by atoms with Gasteiger partial charge in [-0.25, -0.2) is 0 Å². The van der Waals surface area contributed by atoms with E-state index in [2.05, 4.69) is 41.5 Å². The Balaban J connectivity index is 4.38. The summed E-state index contributed by atoms with van der Waals surface area (Å²) in [6.07, 6.45) is 0. The van der Waals surface area contributed by atoms with Crippen molar-refractivity contribution in [1.82, 2.24) is 0 Å². The molecule has 14 heavy (non-hydrogen) atoms. The quantitative estimate of drug-likeness (QED) is 0.627. The Bertz CT molecular complexity index is 157. The summed E-state index contributed by atoms with van der Waals surface area (Å²) in [6.45, 7) is 15.3. The van der Waals surface area contributed by atoms with Gasteiger partial charge in [-0.15, -0.1) is 0 Å². The van der Waals surface area contributed by atoms with Gasteiger partial charge in [-0.2, -0.15) is 0 Å². The van der Waals surface area contributed by atoms with Gasteiger partial charge in [-0.1, -0.05) is 48.5 Å². The van der Waals surface area contributed by atoms with E-state index in [1.54, 1.807) is 0 Å². The Morgan fingerprint density at radius 1 is 0.929 bits per heavy atom. The summed E-state index contributed by atoms with van der Waals surface area (Å²) in [5.74, 6) is 1.87. The van der Waals surface area contributed by atoms with Crippen molar-refractivity contribution < 1.29 is 4.39 Å². The number of hydrogen-bond donors (Lipinski definition) is 0. The van der Waals surface area contributed by atoms with Crippen LogP contribution in [-0.4, -0.2) is 6.67 Å². The second-order valence-electron chi connectivity index (χ2n) is 6.00. The molecule has 0 radical (unpaired) electrons. The molecule has 4 atom stereocenters. The Morgan fingerprint density at radius 3 is 1.64 bits per heavy atom. The Kier molecular flexibility index (Phi) is 5.11. The highest BCUT2D eigenvalue weighted by atomic mass is 19.1. The SMILES string of the molecule is CC(CF)C(C)C(C)C(C)C(C)(C)C. The lowest BCUT2D eigenvalue weighted by Crippen LogP contribution is -2.31. The van der Waals surface area contributed by atoms with Gasteiger partial charge in [0.1, 0.15) is 0 Å². The highest BCUT2D eigenvalue weighted by molar-refractivity contribution is 4.79. The Morgan fingerprint density at radius 2 is 1.36 bits per heavy atom. The number of rotatable bonds is 4. The molecule has 0 aliphatic carbocycles. The van der Waals surface area contributed by atoms with Crippen molar-refractivity contribution in [3.8, 4) is 0 Å².